The number of carbonyl (C=O) groups is 1. The molecule has 1 N–H and O–H groups in total. The van der Waals surface area contributed by atoms with Gasteiger partial charge in [-0.1, -0.05) is 32.9 Å². The second-order valence-electron chi connectivity index (χ2n) is 10.3. The van der Waals surface area contributed by atoms with Crippen molar-refractivity contribution in [1.82, 2.24) is 5.32 Å². The lowest BCUT2D eigenvalue weighted by Crippen LogP contribution is -2.52. The van der Waals surface area contributed by atoms with Crippen molar-refractivity contribution in [3.05, 3.63) is 52.4 Å². The first-order chi connectivity index (χ1) is 15.6. The molecule has 8 heteroatoms. The van der Waals surface area contributed by atoms with E-state index in [4.69, 9.17) is 0 Å². The summed E-state index contributed by atoms with van der Waals surface area (Å²) in [4.78, 5) is 15.9. The molecule has 176 valence electrons. The molecule has 0 bridgehead atoms. The molecule has 1 aliphatic carbocycles. The van der Waals surface area contributed by atoms with Crippen LogP contribution in [0.5, 0.6) is 0 Å². The normalized spacial score (nSPS) is 28.8. The maximum atomic E-state index is 14.1. The van der Waals surface area contributed by atoms with Gasteiger partial charge in [0.05, 0.1) is 5.41 Å². The van der Waals surface area contributed by atoms with Gasteiger partial charge in [-0.3, -0.25) is 4.79 Å². The maximum Gasteiger partial charge on any atom is 0.435 e. The van der Waals surface area contributed by atoms with Gasteiger partial charge in [0.15, 0.2) is 17.6 Å². The number of anilines is 1. The van der Waals surface area contributed by atoms with Crippen LogP contribution in [-0.4, -0.2) is 31.2 Å². The smallest absolute Gasteiger partial charge is 0.372 e. The molecule has 0 amide bonds. The number of Topliss-reactive ketones (excluding diaryl/α,β-unsaturated/α-hetero) is 1. The highest BCUT2D eigenvalue weighted by molar-refractivity contribution is 6.01. The number of azo groups is 1. The lowest BCUT2D eigenvalue weighted by atomic mass is 9.58. The first kappa shape index (κ1) is 22.2. The standard InChI is InChI=1S/C25H29F3N4O/c1-4-24(15-8-7-9-16(12-15)32-10-5-6-11-32)19-17(13-23(2,3)14-18(19)33)29-22-20(24)21(30-31-22)25(26,27)28/h7-9,12,22,29H,4-6,10-11,13-14H2,1-3H3/t22?,24-/m1/s1. The highest BCUT2D eigenvalue weighted by atomic mass is 19.4. The molecule has 4 aliphatic rings. The molecule has 1 unspecified atom stereocenters. The molecule has 5 rings (SSSR count). The first-order valence-electron chi connectivity index (χ1n) is 11.7. The van der Waals surface area contributed by atoms with Crippen LogP contribution in [0.1, 0.15) is 58.4 Å². The number of rotatable bonds is 3. The lowest BCUT2D eigenvalue weighted by Gasteiger charge is -2.48. The first-order valence-corrected chi connectivity index (χ1v) is 11.7. The van der Waals surface area contributed by atoms with Crippen LogP contribution in [0, 0.1) is 5.41 Å². The molecule has 1 saturated heterocycles. The van der Waals surface area contributed by atoms with Crippen molar-refractivity contribution in [3.8, 4) is 0 Å². The Hall–Kier alpha value is -2.64. The molecule has 5 nitrogen and oxygen atoms in total. The highest BCUT2D eigenvalue weighted by Gasteiger charge is 2.57. The van der Waals surface area contributed by atoms with Gasteiger partial charge in [0, 0.05) is 42.0 Å². The molecule has 0 aromatic heterocycles. The van der Waals surface area contributed by atoms with Gasteiger partial charge in [-0.2, -0.15) is 18.3 Å². The molecule has 2 atom stereocenters. The summed E-state index contributed by atoms with van der Waals surface area (Å²) < 4.78 is 42.4. The van der Waals surface area contributed by atoms with Crippen LogP contribution < -0.4 is 10.2 Å². The third kappa shape index (κ3) is 3.40. The Bertz CT molecular complexity index is 1100. The Kier molecular flexibility index (Phi) is 4.99. The van der Waals surface area contributed by atoms with E-state index in [1.807, 2.05) is 45.0 Å². The van der Waals surface area contributed by atoms with Crippen LogP contribution in [0.15, 0.2) is 57.0 Å². The van der Waals surface area contributed by atoms with Crippen molar-refractivity contribution in [1.29, 1.82) is 0 Å². The van der Waals surface area contributed by atoms with Crippen molar-refractivity contribution < 1.29 is 18.0 Å². The molecule has 0 spiro atoms. The zero-order chi connectivity index (χ0) is 23.6. The molecule has 0 radical (unpaired) electrons. The summed E-state index contributed by atoms with van der Waals surface area (Å²) in [6.07, 6.45) is -2.18. The summed E-state index contributed by atoms with van der Waals surface area (Å²) in [6.45, 7) is 7.74. The van der Waals surface area contributed by atoms with Crippen molar-refractivity contribution in [2.24, 2.45) is 15.6 Å². The van der Waals surface area contributed by atoms with Gasteiger partial charge in [-0.25, -0.2) is 0 Å². The number of ketones is 1. The Morgan fingerprint density at radius 3 is 2.58 bits per heavy atom. The zero-order valence-corrected chi connectivity index (χ0v) is 19.2. The molecule has 33 heavy (non-hydrogen) atoms. The van der Waals surface area contributed by atoms with Gasteiger partial charge in [-0.05, 0) is 48.8 Å². The van der Waals surface area contributed by atoms with Gasteiger partial charge in [0.2, 0.25) is 0 Å². The Balaban J connectivity index is 1.79. The van der Waals surface area contributed by atoms with Gasteiger partial charge in [0.25, 0.3) is 0 Å². The SMILES string of the molecule is CC[C@@]1(c2cccc(N3CCCC3)c2)C2=C(CC(C)(C)CC2=O)NC2N=NC(C(F)(F)F)=C21. The van der Waals surface area contributed by atoms with Gasteiger partial charge in [0.1, 0.15) is 0 Å². The fourth-order valence-electron chi connectivity index (χ4n) is 6.16. The van der Waals surface area contributed by atoms with E-state index in [0.29, 0.717) is 36.1 Å². The van der Waals surface area contributed by atoms with Gasteiger partial charge >= 0.3 is 6.18 Å². The number of nitrogens with zero attached hydrogens (tertiary/aromatic N) is 3. The minimum atomic E-state index is -4.66. The van der Waals surface area contributed by atoms with Crippen LogP contribution in [0.4, 0.5) is 18.9 Å². The number of hydrogen-bond donors (Lipinski definition) is 1. The molecule has 1 fully saturated rings. The summed E-state index contributed by atoms with van der Waals surface area (Å²) in [6, 6.07) is 7.74. The predicted octanol–water partition coefficient (Wildman–Crippen LogP) is 5.79. The van der Waals surface area contributed by atoms with Crippen LogP contribution in [0.3, 0.4) is 0 Å². The third-order valence-corrected chi connectivity index (χ3v) is 7.48. The molecule has 3 aliphatic heterocycles. The monoisotopic (exact) mass is 458 g/mol. The summed E-state index contributed by atoms with van der Waals surface area (Å²) in [7, 11) is 0. The molecule has 0 saturated carbocycles. The van der Waals surface area contributed by atoms with Crippen LogP contribution >= 0.6 is 0 Å². The molecular weight excluding hydrogens is 429 g/mol. The largest absolute Gasteiger partial charge is 0.435 e. The number of benzene rings is 1. The Labute approximate surface area is 191 Å². The topological polar surface area (TPSA) is 57.1 Å². The van der Waals surface area contributed by atoms with E-state index in [-0.39, 0.29) is 16.8 Å². The average molecular weight is 459 g/mol. The van der Waals surface area contributed by atoms with Crippen molar-refractivity contribution >= 4 is 11.5 Å². The third-order valence-electron chi connectivity index (χ3n) is 7.48. The van der Waals surface area contributed by atoms with E-state index in [1.54, 1.807) is 0 Å². The minimum absolute atomic E-state index is 0.0582. The van der Waals surface area contributed by atoms with E-state index in [2.05, 4.69) is 20.4 Å². The minimum Gasteiger partial charge on any atom is -0.372 e. The quantitative estimate of drug-likeness (QED) is 0.624. The maximum absolute atomic E-state index is 14.1. The number of halogens is 3. The van der Waals surface area contributed by atoms with Gasteiger partial charge in [-0.15, -0.1) is 5.11 Å². The van der Waals surface area contributed by atoms with Crippen molar-refractivity contribution in [2.45, 2.75) is 70.6 Å². The Morgan fingerprint density at radius 2 is 1.91 bits per heavy atom. The molecule has 1 aromatic carbocycles. The van der Waals surface area contributed by atoms with E-state index < -0.39 is 23.5 Å². The fraction of sp³-hybridized carbons (Fsp3) is 0.560. The summed E-state index contributed by atoms with van der Waals surface area (Å²) in [5.74, 6) is -0.0958. The highest BCUT2D eigenvalue weighted by Crippen LogP contribution is 2.56. The van der Waals surface area contributed by atoms with Crippen molar-refractivity contribution in [2.75, 3.05) is 18.0 Å². The molecule has 3 heterocycles. The summed E-state index contributed by atoms with van der Waals surface area (Å²) in [5.41, 5.74) is 0.460. The number of fused-ring (bicyclic) bond motifs is 1. The van der Waals surface area contributed by atoms with E-state index in [9.17, 15) is 18.0 Å². The molecular formula is C25H29F3N4O. The second-order valence-corrected chi connectivity index (χ2v) is 10.3. The number of alkyl halides is 3. The number of allylic oxidation sites excluding steroid dienone is 3. The summed E-state index contributed by atoms with van der Waals surface area (Å²) in [5, 5.41) is 10.8. The second kappa shape index (κ2) is 7.43. The van der Waals surface area contributed by atoms with Gasteiger partial charge < -0.3 is 10.2 Å². The molecule has 1 aromatic rings. The Morgan fingerprint density at radius 1 is 1.18 bits per heavy atom. The predicted molar refractivity (Wildman–Crippen MR) is 120 cm³/mol. The fourth-order valence-corrected chi connectivity index (χ4v) is 6.16. The lowest BCUT2D eigenvalue weighted by molar-refractivity contribution is -0.119. The number of hydrogen-bond acceptors (Lipinski definition) is 5. The van der Waals surface area contributed by atoms with E-state index >= 15 is 0 Å². The van der Waals surface area contributed by atoms with Crippen molar-refractivity contribution in [3.63, 3.8) is 0 Å². The average Bonchev–Trinajstić information content (AvgIpc) is 3.41. The van der Waals surface area contributed by atoms with Crippen LogP contribution in [-0.2, 0) is 10.2 Å². The van der Waals surface area contributed by atoms with Crippen LogP contribution in [0.25, 0.3) is 0 Å². The van der Waals surface area contributed by atoms with E-state index in [0.717, 1.165) is 31.6 Å². The number of carbonyl (C=O) groups excluding carboxylic acids is 1. The van der Waals surface area contributed by atoms with Crippen LogP contribution in [0.2, 0.25) is 0 Å². The zero-order valence-electron chi connectivity index (χ0n) is 19.2. The van der Waals surface area contributed by atoms with E-state index in [1.165, 1.54) is 0 Å². The number of nitrogens with one attached hydrogen (secondary N) is 1. The summed E-state index contributed by atoms with van der Waals surface area (Å²) >= 11 is 0.